The summed E-state index contributed by atoms with van der Waals surface area (Å²) in [6.45, 7) is 7.15. The van der Waals surface area contributed by atoms with Gasteiger partial charge < -0.3 is 0 Å². The normalized spacial score (nSPS) is 31.5. The standard InChI is InChI=1S/C13H25Br/c1-10(2)8-11(3)12-6-4-5-7-13(14)9-12/h10-13H,4-9H2,1-3H3. The van der Waals surface area contributed by atoms with Crippen molar-refractivity contribution in [3.8, 4) is 0 Å². The number of hydrogen-bond donors (Lipinski definition) is 0. The molecule has 0 aromatic rings. The Morgan fingerprint density at radius 1 is 1.14 bits per heavy atom. The van der Waals surface area contributed by atoms with E-state index in [2.05, 4.69) is 36.7 Å². The van der Waals surface area contributed by atoms with E-state index in [1.165, 1.54) is 38.5 Å². The first-order chi connectivity index (χ1) is 6.59. The average Bonchev–Trinajstić information content (AvgIpc) is 2.28. The molecule has 1 saturated carbocycles. The Bertz CT molecular complexity index is 153. The molecular formula is C13H25Br. The first-order valence-electron chi connectivity index (χ1n) is 6.23. The molecule has 3 unspecified atom stereocenters. The van der Waals surface area contributed by atoms with Crippen molar-refractivity contribution in [2.45, 2.75) is 64.1 Å². The van der Waals surface area contributed by atoms with E-state index in [4.69, 9.17) is 0 Å². The summed E-state index contributed by atoms with van der Waals surface area (Å²) in [6, 6.07) is 0. The molecule has 3 atom stereocenters. The van der Waals surface area contributed by atoms with Crippen molar-refractivity contribution < 1.29 is 0 Å². The van der Waals surface area contributed by atoms with E-state index in [1.54, 1.807) is 0 Å². The van der Waals surface area contributed by atoms with E-state index in [0.717, 1.165) is 22.6 Å². The lowest BCUT2D eigenvalue weighted by atomic mass is 9.82. The fourth-order valence-corrected chi connectivity index (χ4v) is 3.59. The Hall–Kier alpha value is 0.480. The van der Waals surface area contributed by atoms with Gasteiger partial charge in [0.15, 0.2) is 0 Å². The van der Waals surface area contributed by atoms with Crippen molar-refractivity contribution in [3.05, 3.63) is 0 Å². The molecule has 0 radical (unpaired) electrons. The monoisotopic (exact) mass is 260 g/mol. The summed E-state index contributed by atoms with van der Waals surface area (Å²) in [5.74, 6) is 2.76. The Morgan fingerprint density at radius 2 is 1.79 bits per heavy atom. The van der Waals surface area contributed by atoms with Crippen LogP contribution in [0.4, 0.5) is 0 Å². The highest BCUT2D eigenvalue weighted by atomic mass is 79.9. The van der Waals surface area contributed by atoms with Crippen LogP contribution in [0.1, 0.15) is 59.3 Å². The van der Waals surface area contributed by atoms with E-state index >= 15 is 0 Å². The van der Waals surface area contributed by atoms with Gasteiger partial charge in [-0.1, -0.05) is 56.0 Å². The third-order valence-corrected chi connectivity index (χ3v) is 4.38. The van der Waals surface area contributed by atoms with Gasteiger partial charge in [0.05, 0.1) is 0 Å². The molecule has 0 aromatic heterocycles. The Balaban J connectivity index is 2.39. The highest BCUT2D eigenvalue weighted by Crippen LogP contribution is 2.34. The minimum atomic E-state index is 0.796. The Morgan fingerprint density at radius 3 is 2.43 bits per heavy atom. The van der Waals surface area contributed by atoms with Gasteiger partial charge in [-0.05, 0) is 37.0 Å². The maximum atomic E-state index is 3.81. The second-order valence-corrected chi connectivity index (χ2v) is 6.78. The van der Waals surface area contributed by atoms with Gasteiger partial charge in [0.25, 0.3) is 0 Å². The maximum Gasteiger partial charge on any atom is 0.0148 e. The van der Waals surface area contributed by atoms with Crippen molar-refractivity contribution in [1.82, 2.24) is 0 Å². The van der Waals surface area contributed by atoms with Gasteiger partial charge in [-0.25, -0.2) is 0 Å². The minimum absolute atomic E-state index is 0.796. The third kappa shape index (κ3) is 4.33. The Kier molecular flexibility index (Phi) is 5.51. The zero-order valence-corrected chi connectivity index (χ0v) is 11.5. The van der Waals surface area contributed by atoms with E-state index in [0.29, 0.717) is 0 Å². The summed E-state index contributed by atoms with van der Waals surface area (Å²) in [4.78, 5) is 0.796. The van der Waals surface area contributed by atoms with Gasteiger partial charge in [0, 0.05) is 4.83 Å². The average molecular weight is 261 g/mol. The molecule has 0 spiro atoms. The predicted molar refractivity (Wildman–Crippen MR) is 67.9 cm³/mol. The predicted octanol–water partition coefficient (Wildman–Crippen LogP) is 5.01. The molecule has 0 bridgehead atoms. The van der Waals surface area contributed by atoms with Crippen LogP contribution in [0.3, 0.4) is 0 Å². The van der Waals surface area contributed by atoms with Gasteiger partial charge in [-0.2, -0.15) is 0 Å². The zero-order valence-electron chi connectivity index (χ0n) is 9.93. The molecule has 14 heavy (non-hydrogen) atoms. The second-order valence-electron chi connectivity index (χ2n) is 5.48. The third-order valence-electron chi connectivity index (χ3n) is 3.55. The van der Waals surface area contributed by atoms with Crippen molar-refractivity contribution in [2.75, 3.05) is 0 Å². The lowest BCUT2D eigenvalue weighted by molar-refractivity contribution is 0.278. The van der Waals surface area contributed by atoms with Crippen molar-refractivity contribution in [3.63, 3.8) is 0 Å². The van der Waals surface area contributed by atoms with Crippen molar-refractivity contribution in [2.24, 2.45) is 17.8 Å². The van der Waals surface area contributed by atoms with Crippen LogP contribution in [0.5, 0.6) is 0 Å². The van der Waals surface area contributed by atoms with Crippen LogP contribution in [-0.2, 0) is 0 Å². The first-order valence-corrected chi connectivity index (χ1v) is 7.15. The van der Waals surface area contributed by atoms with Gasteiger partial charge in [-0.3, -0.25) is 0 Å². The van der Waals surface area contributed by atoms with Crippen LogP contribution in [0.25, 0.3) is 0 Å². The van der Waals surface area contributed by atoms with Gasteiger partial charge >= 0.3 is 0 Å². The SMILES string of the molecule is CC(C)CC(C)C1CCCCC(Br)C1. The van der Waals surface area contributed by atoms with Crippen LogP contribution >= 0.6 is 15.9 Å². The minimum Gasteiger partial charge on any atom is -0.0891 e. The largest absolute Gasteiger partial charge is 0.0891 e. The molecule has 84 valence electrons. The lowest BCUT2D eigenvalue weighted by Gasteiger charge is -2.25. The number of halogens is 1. The second kappa shape index (κ2) is 6.15. The molecule has 1 aliphatic rings. The summed E-state index contributed by atoms with van der Waals surface area (Å²) in [5.41, 5.74) is 0. The molecule has 0 aliphatic heterocycles. The zero-order chi connectivity index (χ0) is 10.6. The molecule has 0 heterocycles. The molecule has 1 aliphatic carbocycles. The molecule has 1 heteroatoms. The summed E-state index contributed by atoms with van der Waals surface area (Å²) in [5, 5.41) is 0. The van der Waals surface area contributed by atoms with Crippen LogP contribution in [0.15, 0.2) is 0 Å². The van der Waals surface area contributed by atoms with Crippen LogP contribution in [-0.4, -0.2) is 4.83 Å². The maximum absolute atomic E-state index is 3.81. The van der Waals surface area contributed by atoms with Crippen LogP contribution in [0, 0.1) is 17.8 Å². The fraction of sp³-hybridized carbons (Fsp3) is 1.00. The highest BCUT2D eigenvalue weighted by Gasteiger charge is 2.23. The molecule has 0 aromatic carbocycles. The van der Waals surface area contributed by atoms with Gasteiger partial charge in [-0.15, -0.1) is 0 Å². The van der Waals surface area contributed by atoms with E-state index in [1.807, 2.05) is 0 Å². The molecule has 0 N–H and O–H groups in total. The molecule has 1 fully saturated rings. The lowest BCUT2D eigenvalue weighted by Crippen LogP contribution is -2.16. The van der Waals surface area contributed by atoms with E-state index < -0.39 is 0 Å². The van der Waals surface area contributed by atoms with E-state index in [-0.39, 0.29) is 0 Å². The number of rotatable bonds is 3. The van der Waals surface area contributed by atoms with Gasteiger partial charge in [0.1, 0.15) is 0 Å². The number of alkyl halides is 1. The smallest absolute Gasteiger partial charge is 0.0148 e. The van der Waals surface area contributed by atoms with E-state index in [9.17, 15) is 0 Å². The van der Waals surface area contributed by atoms with Crippen LogP contribution in [0.2, 0.25) is 0 Å². The van der Waals surface area contributed by atoms with Crippen LogP contribution < -0.4 is 0 Å². The summed E-state index contributed by atoms with van der Waals surface area (Å²) in [7, 11) is 0. The quantitative estimate of drug-likeness (QED) is 0.494. The molecule has 0 amide bonds. The fourth-order valence-electron chi connectivity index (χ4n) is 2.79. The molecule has 0 nitrogen and oxygen atoms in total. The summed E-state index contributed by atoms with van der Waals surface area (Å²) >= 11 is 3.81. The Labute approximate surface area is 98.0 Å². The first kappa shape index (κ1) is 12.5. The van der Waals surface area contributed by atoms with Gasteiger partial charge in [0.2, 0.25) is 0 Å². The molecule has 0 saturated heterocycles. The summed E-state index contributed by atoms with van der Waals surface area (Å²) < 4.78 is 0. The molecule has 1 rings (SSSR count). The topological polar surface area (TPSA) is 0 Å². The summed E-state index contributed by atoms with van der Waals surface area (Å²) in [6.07, 6.45) is 8.56. The van der Waals surface area contributed by atoms with Crippen molar-refractivity contribution in [1.29, 1.82) is 0 Å². The highest BCUT2D eigenvalue weighted by molar-refractivity contribution is 9.09. The number of hydrogen-bond acceptors (Lipinski definition) is 0. The molecular weight excluding hydrogens is 236 g/mol. The van der Waals surface area contributed by atoms with Crippen molar-refractivity contribution >= 4 is 15.9 Å².